The van der Waals surface area contributed by atoms with Crippen LogP contribution in [0.2, 0.25) is 5.02 Å². The number of halogens is 1. The van der Waals surface area contributed by atoms with E-state index in [0.717, 1.165) is 17.4 Å². The topological polar surface area (TPSA) is 65.2 Å². The molecule has 0 aliphatic heterocycles. The molecule has 2 aromatic rings. The first-order valence-electron chi connectivity index (χ1n) is 8.41. The molecule has 4 rings (SSSR count). The van der Waals surface area contributed by atoms with Crippen LogP contribution in [-0.2, 0) is 16.1 Å². The number of esters is 1. The van der Waals surface area contributed by atoms with E-state index in [-0.39, 0.29) is 12.6 Å². The van der Waals surface area contributed by atoms with Crippen LogP contribution in [0.15, 0.2) is 28.8 Å². The number of carbonyl (C=O) groups excluding carboxylic acids is 1. The molecule has 0 spiro atoms. The lowest BCUT2D eigenvalue weighted by Gasteiger charge is -2.20. The Balaban J connectivity index is 1.30. The van der Waals surface area contributed by atoms with Gasteiger partial charge < -0.3 is 9.26 Å². The number of carbonyl (C=O) groups is 1. The van der Waals surface area contributed by atoms with Crippen molar-refractivity contribution in [3.8, 4) is 11.4 Å². The van der Waals surface area contributed by atoms with Crippen LogP contribution in [0.25, 0.3) is 11.4 Å². The number of benzene rings is 1. The van der Waals surface area contributed by atoms with Gasteiger partial charge in [-0.15, -0.1) is 0 Å². The Labute approximate surface area is 145 Å². The minimum Gasteiger partial charge on any atom is -0.456 e. The Bertz CT molecular complexity index is 728. The highest BCUT2D eigenvalue weighted by Crippen LogP contribution is 2.49. The molecule has 6 heteroatoms. The van der Waals surface area contributed by atoms with Gasteiger partial charge >= 0.3 is 5.97 Å². The lowest BCUT2D eigenvalue weighted by atomic mass is 9.86. The van der Waals surface area contributed by atoms with E-state index in [1.54, 1.807) is 12.1 Å². The summed E-state index contributed by atoms with van der Waals surface area (Å²) < 4.78 is 10.5. The molecule has 24 heavy (non-hydrogen) atoms. The maximum Gasteiger partial charge on any atom is 0.306 e. The Kier molecular flexibility index (Phi) is 4.27. The van der Waals surface area contributed by atoms with Crippen molar-refractivity contribution in [3.63, 3.8) is 0 Å². The Morgan fingerprint density at radius 3 is 2.79 bits per heavy atom. The van der Waals surface area contributed by atoms with Gasteiger partial charge in [0.2, 0.25) is 5.82 Å². The minimum absolute atomic E-state index is 0.0280. The van der Waals surface area contributed by atoms with Crippen molar-refractivity contribution in [1.82, 2.24) is 10.1 Å². The van der Waals surface area contributed by atoms with Crippen molar-refractivity contribution in [3.05, 3.63) is 35.2 Å². The van der Waals surface area contributed by atoms with Gasteiger partial charge in [0.1, 0.15) is 0 Å². The highest BCUT2D eigenvalue weighted by molar-refractivity contribution is 6.30. The lowest BCUT2D eigenvalue weighted by Crippen LogP contribution is -2.17. The quantitative estimate of drug-likeness (QED) is 0.757. The molecule has 2 fully saturated rings. The highest BCUT2D eigenvalue weighted by Gasteiger charge is 2.40. The summed E-state index contributed by atoms with van der Waals surface area (Å²) in [5.41, 5.74) is 0.808. The largest absolute Gasteiger partial charge is 0.456 e. The van der Waals surface area contributed by atoms with Gasteiger partial charge in [0, 0.05) is 17.0 Å². The van der Waals surface area contributed by atoms with E-state index in [2.05, 4.69) is 10.1 Å². The Morgan fingerprint density at radius 2 is 2.08 bits per heavy atom. The normalized spacial score (nSPS) is 25.1. The monoisotopic (exact) mass is 346 g/mol. The van der Waals surface area contributed by atoms with E-state index in [1.165, 1.54) is 25.7 Å². The first-order valence-corrected chi connectivity index (χ1v) is 8.79. The maximum absolute atomic E-state index is 12.0. The van der Waals surface area contributed by atoms with Crippen LogP contribution in [0.3, 0.4) is 0 Å². The standard InChI is InChI=1S/C18H19ClN2O3/c19-15-5-3-12(4-6-15)18-20-16(24-21-18)10-23-17(22)9-14-8-11-1-2-13(14)7-11/h3-6,11,13-14H,1-2,7-10H2/t11-,13-,14-/m1/s1. The summed E-state index contributed by atoms with van der Waals surface area (Å²) in [6, 6.07) is 7.17. The summed E-state index contributed by atoms with van der Waals surface area (Å²) in [7, 11) is 0. The molecule has 126 valence electrons. The van der Waals surface area contributed by atoms with Crippen LogP contribution >= 0.6 is 11.6 Å². The number of nitrogens with zero attached hydrogens (tertiary/aromatic N) is 2. The fraction of sp³-hybridized carbons (Fsp3) is 0.500. The summed E-state index contributed by atoms with van der Waals surface area (Å²) in [5.74, 6) is 2.67. The molecule has 0 amide bonds. The second kappa shape index (κ2) is 6.55. The third-order valence-corrected chi connectivity index (χ3v) is 5.49. The van der Waals surface area contributed by atoms with Crippen molar-refractivity contribution in [2.24, 2.45) is 17.8 Å². The smallest absolute Gasteiger partial charge is 0.306 e. The predicted octanol–water partition coefficient (Wildman–Crippen LogP) is 4.26. The molecule has 1 heterocycles. The molecule has 2 aliphatic rings. The average Bonchev–Trinajstić information content (AvgIpc) is 3.30. The first-order chi connectivity index (χ1) is 11.7. The molecule has 2 bridgehead atoms. The molecule has 5 nitrogen and oxygen atoms in total. The molecular formula is C18H19ClN2O3. The summed E-state index contributed by atoms with van der Waals surface area (Å²) in [6.07, 6.45) is 5.61. The number of hydrogen-bond acceptors (Lipinski definition) is 5. The van der Waals surface area contributed by atoms with E-state index in [9.17, 15) is 4.79 Å². The van der Waals surface area contributed by atoms with Gasteiger partial charge in [-0.1, -0.05) is 23.2 Å². The zero-order chi connectivity index (χ0) is 16.5. The number of aromatic nitrogens is 2. The van der Waals surface area contributed by atoms with Gasteiger partial charge in [0.25, 0.3) is 5.89 Å². The second-order valence-corrected chi connectivity index (χ2v) is 7.25. The van der Waals surface area contributed by atoms with Crippen molar-refractivity contribution in [2.45, 2.75) is 38.7 Å². The van der Waals surface area contributed by atoms with Crippen LogP contribution in [0, 0.1) is 17.8 Å². The van der Waals surface area contributed by atoms with E-state index in [4.69, 9.17) is 20.9 Å². The average molecular weight is 347 g/mol. The van der Waals surface area contributed by atoms with Crippen LogP contribution in [-0.4, -0.2) is 16.1 Å². The van der Waals surface area contributed by atoms with Crippen molar-refractivity contribution >= 4 is 17.6 Å². The number of ether oxygens (including phenoxy) is 1. The SMILES string of the molecule is O=C(C[C@H]1C[C@@H]2CC[C@@H]1C2)OCc1nc(-c2ccc(Cl)cc2)no1. The van der Waals surface area contributed by atoms with Gasteiger partial charge in [0.05, 0.1) is 0 Å². The van der Waals surface area contributed by atoms with Crippen LogP contribution in [0.5, 0.6) is 0 Å². The molecule has 2 aliphatic carbocycles. The Morgan fingerprint density at radius 1 is 1.25 bits per heavy atom. The van der Waals surface area contributed by atoms with Crippen molar-refractivity contribution in [1.29, 1.82) is 0 Å². The van der Waals surface area contributed by atoms with E-state index in [1.807, 2.05) is 12.1 Å². The number of hydrogen-bond donors (Lipinski definition) is 0. The lowest BCUT2D eigenvalue weighted by molar-refractivity contribution is -0.147. The summed E-state index contributed by atoms with van der Waals surface area (Å²) in [6.45, 7) is 0.0280. The van der Waals surface area contributed by atoms with Crippen LogP contribution in [0.1, 0.15) is 38.0 Å². The van der Waals surface area contributed by atoms with E-state index < -0.39 is 0 Å². The van der Waals surface area contributed by atoms with Gasteiger partial charge in [0.15, 0.2) is 6.61 Å². The zero-order valence-corrected chi connectivity index (χ0v) is 14.0. The molecule has 3 atom stereocenters. The number of rotatable bonds is 5. The summed E-state index contributed by atoms with van der Waals surface area (Å²) in [4.78, 5) is 16.3. The van der Waals surface area contributed by atoms with E-state index in [0.29, 0.717) is 29.1 Å². The summed E-state index contributed by atoms with van der Waals surface area (Å²) in [5, 5.41) is 4.56. The van der Waals surface area contributed by atoms with Gasteiger partial charge in [-0.25, -0.2) is 0 Å². The fourth-order valence-electron chi connectivity index (χ4n) is 4.07. The highest BCUT2D eigenvalue weighted by atomic mass is 35.5. The molecule has 0 N–H and O–H groups in total. The number of fused-ring (bicyclic) bond motifs is 2. The first kappa shape index (κ1) is 15.6. The van der Waals surface area contributed by atoms with Gasteiger partial charge in [-0.2, -0.15) is 4.98 Å². The molecule has 0 radical (unpaired) electrons. The maximum atomic E-state index is 12.0. The molecule has 1 aromatic carbocycles. The zero-order valence-electron chi connectivity index (χ0n) is 13.3. The minimum atomic E-state index is -0.168. The molecule has 1 aromatic heterocycles. The van der Waals surface area contributed by atoms with Crippen LogP contribution in [0.4, 0.5) is 0 Å². The van der Waals surface area contributed by atoms with Crippen LogP contribution < -0.4 is 0 Å². The van der Waals surface area contributed by atoms with Gasteiger partial charge in [-0.05, 0) is 61.3 Å². The third kappa shape index (κ3) is 3.31. The molecule has 0 saturated heterocycles. The molecule has 0 unspecified atom stereocenters. The molecular weight excluding hydrogens is 328 g/mol. The van der Waals surface area contributed by atoms with Gasteiger partial charge in [-0.3, -0.25) is 4.79 Å². The second-order valence-electron chi connectivity index (χ2n) is 6.82. The Hall–Kier alpha value is -1.88. The molecule has 2 saturated carbocycles. The van der Waals surface area contributed by atoms with Crippen molar-refractivity contribution < 1.29 is 14.1 Å². The fourth-order valence-corrected chi connectivity index (χ4v) is 4.20. The summed E-state index contributed by atoms with van der Waals surface area (Å²) >= 11 is 5.86. The third-order valence-electron chi connectivity index (χ3n) is 5.24. The van der Waals surface area contributed by atoms with E-state index >= 15 is 0 Å². The predicted molar refractivity (Wildman–Crippen MR) is 88.1 cm³/mol. The van der Waals surface area contributed by atoms with Crippen molar-refractivity contribution in [2.75, 3.05) is 0 Å².